The van der Waals surface area contributed by atoms with E-state index in [4.69, 9.17) is 18.5 Å². The first-order chi connectivity index (χ1) is 17.9. The summed E-state index contributed by atoms with van der Waals surface area (Å²) in [7, 11) is -5.42. The summed E-state index contributed by atoms with van der Waals surface area (Å²) in [6, 6.07) is 18.5. The van der Waals surface area contributed by atoms with Gasteiger partial charge in [-0.3, -0.25) is 9.13 Å². The Morgan fingerprint density at radius 1 is 0.605 bits per heavy atom. The standard InChI is InChI=1S/C30H40O6P2/c1-9-29(7,33-27-21(3)14-11-15-22(27)4)37(31)35-25-18-13-19-26(20-25)36-38(32)30(8,10-2)34-28-23(5)16-12-17-24(28)6/h11-20,37-38H,9-10H2,1-8H3. The van der Waals surface area contributed by atoms with Crippen LogP contribution >= 0.6 is 16.1 Å². The van der Waals surface area contributed by atoms with E-state index in [-0.39, 0.29) is 0 Å². The molecule has 206 valence electrons. The molecule has 0 amide bonds. The predicted octanol–water partition coefficient (Wildman–Crippen LogP) is 9.04. The van der Waals surface area contributed by atoms with E-state index in [2.05, 4.69) is 0 Å². The summed E-state index contributed by atoms with van der Waals surface area (Å²) in [4.78, 5) is 0. The molecule has 4 atom stereocenters. The van der Waals surface area contributed by atoms with Crippen LogP contribution in [0, 0.1) is 27.7 Å². The average molecular weight is 559 g/mol. The minimum Gasteiger partial charge on any atom is -0.476 e. The van der Waals surface area contributed by atoms with E-state index in [1.54, 1.807) is 38.1 Å². The SMILES string of the molecule is CCC(C)(Oc1c(C)cccc1C)[PH](=O)Oc1cccc(O[PH](=O)C(C)(CC)Oc2c(C)cccc2C)c1. The molecule has 38 heavy (non-hydrogen) atoms. The minimum absolute atomic E-state index is 0.361. The number of rotatable bonds is 12. The highest BCUT2D eigenvalue weighted by atomic mass is 31.1. The number of hydrogen-bond acceptors (Lipinski definition) is 6. The van der Waals surface area contributed by atoms with E-state index in [1.807, 2.05) is 77.9 Å². The van der Waals surface area contributed by atoms with E-state index in [1.165, 1.54) is 0 Å². The Balaban J connectivity index is 1.76. The molecule has 0 fully saturated rings. The summed E-state index contributed by atoms with van der Waals surface area (Å²) in [5.74, 6) is 2.16. The second-order valence-electron chi connectivity index (χ2n) is 10.1. The van der Waals surface area contributed by atoms with E-state index >= 15 is 0 Å². The van der Waals surface area contributed by atoms with E-state index in [0.29, 0.717) is 24.3 Å². The number of ether oxygens (including phenoxy) is 2. The van der Waals surface area contributed by atoms with Gasteiger partial charge in [0, 0.05) is 6.07 Å². The molecular formula is C30H40O6P2. The molecular weight excluding hydrogens is 518 g/mol. The smallest absolute Gasteiger partial charge is 0.278 e. The van der Waals surface area contributed by atoms with Gasteiger partial charge in [-0.15, -0.1) is 0 Å². The van der Waals surface area contributed by atoms with Gasteiger partial charge >= 0.3 is 0 Å². The summed E-state index contributed by atoms with van der Waals surface area (Å²) in [5, 5.41) is -2.02. The van der Waals surface area contributed by atoms with Crippen molar-refractivity contribution in [3.63, 3.8) is 0 Å². The van der Waals surface area contributed by atoms with Crippen molar-refractivity contribution in [1.82, 2.24) is 0 Å². The first-order valence-electron chi connectivity index (χ1n) is 13.0. The summed E-state index contributed by atoms with van der Waals surface area (Å²) < 4.78 is 51.2. The van der Waals surface area contributed by atoms with Gasteiger partial charge in [-0.05, 0) is 88.8 Å². The highest BCUT2D eigenvalue weighted by molar-refractivity contribution is 7.41. The zero-order valence-corrected chi connectivity index (χ0v) is 25.6. The Bertz CT molecular complexity index is 1190. The molecule has 0 bridgehead atoms. The molecule has 0 radical (unpaired) electrons. The minimum atomic E-state index is -2.71. The lowest BCUT2D eigenvalue weighted by Gasteiger charge is -2.31. The molecule has 0 heterocycles. The Kier molecular flexibility index (Phi) is 9.79. The number of aryl methyl sites for hydroxylation is 4. The van der Waals surface area contributed by atoms with Crippen LogP contribution in [-0.2, 0) is 9.13 Å². The molecule has 0 aliphatic carbocycles. The van der Waals surface area contributed by atoms with Gasteiger partial charge in [0.1, 0.15) is 23.0 Å². The van der Waals surface area contributed by atoms with Crippen LogP contribution in [0.5, 0.6) is 23.0 Å². The zero-order valence-electron chi connectivity index (χ0n) is 23.6. The molecule has 0 N–H and O–H groups in total. The predicted molar refractivity (Wildman–Crippen MR) is 156 cm³/mol. The highest BCUT2D eigenvalue weighted by Gasteiger charge is 2.36. The van der Waals surface area contributed by atoms with Crippen molar-refractivity contribution in [3.05, 3.63) is 82.9 Å². The second kappa shape index (κ2) is 12.5. The summed E-state index contributed by atoms with van der Waals surface area (Å²) in [5.41, 5.74) is 3.90. The van der Waals surface area contributed by atoms with Crippen molar-refractivity contribution < 1.29 is 27.7 Å². The first-order valence-corrected chi connectivity index (χ1v) is 15.6. The lowest BCUT2D eigenvalue weighted by Crippen LogP contribution is -2.29. The molecule has 0 aliphatic heterocycles. The summed E-state index contributed by atoms with van der Waals surface area (Å²) >= 11 is 0. The molecule has 0 saturated carbocycles. The average Bonchev–Trinajstić information content (AvgIpc) is 2.88. The fourth-order valence-electron chi connectivity index (χ4n) is 3.92. The van der Waals surface area contributed by atoms with Crippen LogP contribution in [0.15, 0.2) is 60.7 Å². The Morgan fingerprint density at radius 3 is 1.24 bits per heavy atom. The van der Waals surface area contributed by atoms with Gasteiger partial charge in [-0.2, -0.15) is 0 Å². The summed E-state index contributed by atoms with van der Waals surface area (Å²) in [6.45, 7) is 15.3. The number of hydrogen-bond donors (Lipinski definition) is 0. The molecule has 0 aromatic heterocycles. The van der Waals surface area contributed by atoms with Crippen LogP contribution in [0.2, 0.25) is 0 Å². The Morgan fingerprint density at radius 2 is 0.921 bits per heavy atom. The van der Waals surface area contributed by atoms with Crippen LogP contribution in [0.25, 0.3) is 0 Å². The molecule has 6 nitrogen and oxygen atoms in total. The topological polar surface area (TPSA) is 71.1 Å². The third-order valence-electron chi connectivity index (χ3n) is 6.91. The quantitative estimate of drug-likeness (QED) is 0.207. The monoisotopic (exact) mass is 558 g/mol. The second-order valence-corrected chi connectivity index (χ2v) is 13.7. The van der Waals surface area contributed by atoms with Gasteiger partial charge in [0.2, 0.25) is 0 Å². The molecule has 0 spiro atoms. The van der Waals surface area contributed by atoms with E-state index in [9.17, 15) is 9.13 Å². The number of para-hydroxylation sites is 2. The van der Waals surface area contributed by atoms with Crippen molar-refractivity contribution in [2.75, 3.05) is 0 Å². The van der Waals surface area contributed by atoms with Crippen LogP contribution < -0.4 is 18.5 Å². The molecule has 3 rings (SSSR count). The van der Waals surface area contributed by atoms with Gasteiger partial charge in [0.05, 0.1) is 0 Å². The zero-order chi connectivity index (χ0) is 28.1. The van der Waals surface area contributed by atoms with Crippen molar-refractivity contribution in [3.8, 4) is 23.0 Å². The number of benzene rings is 3. The first kappa shape index (κ1) is 29.9. The van der Waals surface area contributed by atoms with Crippen molar-refractivity contribution >= 4 is 16.1 Å². The maximum Gasteiger partial charge on any atom is 0.278 e. The normalized spacial score (nSPS) is 16.0. The fraction of sp³-hybridized carbons (Fsp3) is 0.400. The largest absolute Gasteiger partial charge is 0.476 e. The van der Waals surface area contributed by atoms with Crippen LogP contribution in [-0.4, -0.2) is 10.7 Å². The molecule has 8 heteroatoms. The third kappa shape index (κ3) is 6.84. The highest BCUT2D eigenvalue weighted by Crippen LogP contribution is 2.48. The van der Waals surface area contributed by atoms with Gasteiger partial charge in [0.15, 0.2) is 10.7 Å². The molecule has 3 aromatic carbocycles. The fourth-order valence-corrected chi connectivity index (χ4v) is 5.98. The van der Waals surface area contributed by atoms with Crippen molar-refractivity contribution in [2.24, 2.45) is 0 Å². The lowest BCUT2D eigenvalue weighted by molar-refractivity contribution is 0.157. The molecule has 0 aliphatic rings. The van der Waals surface area contributed by atoms with Crippen LogP contribution in [0.4, 0.5) is 0 Å². The molecule has 0 saturated heterocycles. The third-order valence-corrected chi connectivity index (χ3v) is 10.4. The maximum atomic E-state index is 13.4. The van der Waals surface area contributed by atoms with Gasteiger partial charge in [-0.25, -0.2) is 0 Å². The van der Waals surface area contributed by atoms with Gasteiger partial charge in [0.25, 0.3) is 16.1 Å². The van der Waals surface area contributed by atoms with Crippen molar-refractivity contribution in [2.45, 2.75) is 78.9 Å². The maximum absolute atomic E-state index is 13.4. The Labute approximate surface area is 228 Å². The molecule has 4 unspecified atom stereocenters. The van der Waals surface area contributed by atoms with Crippen molar-refractivity contribution in [1.29, 1.82) is 0 Å². The van der Waals surface area contributed by atoms with Gasteiger partial charge < -0.3 is 18.5 Å². The van der Waals surface area contributed by atoms with Crippen LogP contribution in [0.3, 0.4) is 0 Å². The molecule has 3 aromatic rings. The van der Waals surface area contributed by atoms with E-state index < -0.39 is 26.7 Å². The van der Waals surface area contributed by atoms with Gasteiger partial charge in [-0.1, -0.05) is 56.3 Å². The summed E-state index contributed by atoms with van der Waals surface area (Å²) in [6.07, 6.45) is 0.986. The lowest BCUT2D eigenvalue weighted by atomic mass is 10.1. The van der Waals surface area contributed by atoms with E-state index in [0.717, 1.165) is 33.8 Å². The Hall–Kier alpha value is -2.68. The van der Waals surface area contributed by atoms with Crippen LogP contribution in [0.1, 0.15) is 62.8 Å².